The van der Waals surface area contributed by atoms with Crippen LogP contribution in [0.3, 0.4) is 0 Å². The highest BCUT2D eigenvalue weighted by Gasteiger charge is 2.18. The zero-order valence-corrected chi connectivity index (χ0v) is 45.6. The first-order valence-corrected chi connectivity index (χ1v) is 30.3. The van der Waals surface area contributed by atoms with Crippen LogP contribution in [0.5, 0.6) is 0 Å². The van der Waals surface area contributed by atoms with Crippen molar-refractivity contribution in [3.8, 4) is 0 Å². The number of carbonyl (C=O) groups is 2. The molecule has 0 aromatic carbocycles. The minimum Gasteiger partial charge on any atom is -0.466 e. The maximum absolute atomic E-state index is 12.4. The zero-order valence-electron chi connectivity index (χ0n) is 45.6. The molecule has 2 unspecified atom stereocenters. The number of hydrogen-bond donors (Lipinski definition) is 3. The number of ether oxygens (including phenoxy) is 1. The molecule has 0 saturated heterocycles. The van der Waals surface area contributed by atoms with Crippen molar-refractivity contribution in [3.05, 3.63) is 36.5 Å². The number of carbonyl (C=O) groups excluding carboxylic acids is 2. The van der Waals surface area contributed by atoms with Crippen molar-refractivity contribution in [1.29, 1.82) is 0 Å². The summed E-state index contributed by atoms with van der Waals surface area (Å²) in [7, 11) is 0. The van der Waals surface area contributed by atoms with Gasteiger partial charge in [0.2, 0.25) is 5.91 Å². The van der Waals surface area contributed by atoms with Gasteiger partial charge in [-0.05, 0) is 64.2 Å². The lowest BCUT2D eigenvalue weighted by Crippen LogP contribution is -2.45. The number of unbranched alkanes of at least 4 members (excludes halogenated alkanes) is 41. The van der Waals surface area contributed by atoms with Gasteiger partial charge < -0.3 is 20.3 Å². The summed E-state index contributed by atoms with van der Waals surface area (Å²) in [6, 6.07) is -0.631. The van der Waals surface area contributed by atoms with E-state index in [1.54, 1.807) is 6.08 Å². The average molecular weight is 957 g/mol. The summed E-state index contributed by atoms with van der Waals surface area (Å²) in [6.45, 7) is 4.89. The number of amides is 1. The van der Waals surface area contributed by atoms with Crippen molar-refractivity contribution < 1.29 is 24.5 Å². The van der Waals surface area contributed by atoms with E-state index in [1.165, 1.54) is 250 Å². The Morgan fingerprint density at radius 2 is 0.735 bits per heavy atom. The molecule has 400 valence electrons. The van der Waals surface area contributed by atoms with Crippen LogP contribution in [0.15, 0.2) is 36.5 Å². The van der Waals surface area contributed by atoms with Crippen LogP contribution in [0.1, 0.15) is 322 Å². The second-order valence-corrected chi connectivity index (χ2v) is 20.7. The van der Waals surface area contributed by atoms with E-state index in [4.69, 9.17) is 4.74 Å². The molecule has 0 saturated carbocycles. The first kappa shape index (κ1) is 66.1. The molecule has 0 fully saturated rings. The van der Waals surface area contributed by atoms with Gasteiger partial charge in [-0.1, -0.05) is 281 Å². The highest BCUT2D eigenvalue weighted by Crippen LogP contribution is 2.17. The zero-order chi connectivity index (χ0) is 49.3. The molecule has 0 spiro atoms. The van der Waals surface area contributed by atoms with E-state index in [-0.39, 0.29) is 18.5 Å². The number of esters is 1. The van der Waals surface area contributed by atoms with Crippen LogP contribution >= 0.6 is 0 Å². The molecule has 3 N–H and O–H groups in total. The minimum absolute atomic E-state index is 0.0118. The largest absolute Gasteiger partial charge is 0.466 e. The fourth-order valence-corrected chi connectivity index (χ4v) is 9.25. The molecular weight excluding hydrogens is 839 g/mol. The SMILES string of the molecule is CCCCCCCCCC/C=C/C(O)C(CO)NC(=O)CCCCCCCCCCC/C=C\C/C=C\CCCCCCCCCCCOC(=O)CCCCCCCCCCCCCCCCCC. The number of rotatable bonds is 56. The van der Waals surface area contributed by atoms with E-state index in [0.29, 0.717) is 19.4 Å². The summed E-state index contributed by atoms with van der Waals surface area (Å²) >= 11 is 0. The number of aliphatic hydroxyl groups excluding tert-OH is 2. The van der Waals surface area contributed by atoms with Gasteiger partial charge >= 0.3 is 5.97 Å². The maximum atomic E-state index is 12.4. The van der Waals surface area contributed by atoms with Crippen LogP contribution in [0.4, 0.5) is 0 Å². The molecule has 0 radical (unpaired) electrons. The number of hydrogen-bond acceptors (Lipinski definition) is 5. The van der Waals surface area contributed by atoms with Crippen molar-refractivity contribution in [2.45, 2.75) is 334 Å². The molecule has 0 aliphatic carbocycles. The van der Waals surface area contributed by atoms with Crippen molar-refractivity contribution in [2.24, 2.45) is 0 Å². The summed E-state index contributed by atoms with van der Waals surface area (Å²) in [5.74, 6) is -0.0641. The van der Waals surface area contributed by atoms with Gasteiger partial charge in [0, 0.05) is 12.8 Å². The standard InChI is InChI=1S/C62H117NO5/c1-3-5-7-9-11-13-15-16-17-30-33-36-40-44-48-52-56-62(67)68-57-53-49-45-41-37-34-31-28-26-24-22-20-18-19-21-23-25-27-29-32-35-39-43-47-51-55-61(66)63-59(58-64)60(65)54-50-46-42-38-14-12-10-8-6-4-2/h19-22,50,54,59-60,64-65H,3-18,23-49,51-53,55-58H2,1-2H3,(H,63,66)/b21-19-,22-20-,54-50+. The molecule has 0 aliphatic rings. The van der Waals surface area contributed by atoms with Crippen molar-refractivity contribution in [2.75, 3.05) is 13.2 Å². The monoisotopic (exact) mass is 956 g/mol. The smallest absolute Gasteiger partial charge is 0.305 e. The second kappa shape index (κ2) is 57.7. The maximum Gasteiger partial charge on any atom is 0.305 e. The normalized spacial score (nSPS) is 12.8. The highest BCUT2D eigenvalue weighted by atomic mass is 16.5. The third-order valence-corrected chi connectivity index (χ3v) is 13.9. The summed E-state index contributed by atoms with van der Waals surface area (Å²) in [4.78, 5) is 24.5. The van der Waals surface area contributed by atoms with Crippen LogP contribution in [0, 0.1) is 0 Å². The van der Waals surface area contributed by atoms with Gasteiger partial charge in [0.1, 0.15) is 0 Å². The molecule has 0 rings (SSSR count). The quantitative estimate of drug-likeness (QED) is 0.0321. The van der Waals surface area contributed by atoms with Crippen LogP contribution in [0.2, 0.25) is 0 Å². The Morgan fingerprint density at radius 3 is 1.12 bits per heavy atom. The third-order valence-electron chi connectivity index (χ3n) is 13.9. The van der Waals surface area contributed by atoms with E-state index in [2.05, 4.69) is 43.5 Å². The van der Waals surface area contributed by atoms with Gasteiger partial charge in [-0.3, -0.25) is 9.59 Å². The lowest BCUT2D eigenvalue weighted by atomic mass is 10.0. The molecule has 6 heteroatoms. The van der Waals surface area contributed by atoms with E-state index >= 15 is 0 Å². The molecule has 68 heavy (non-hydrogen) atoms. The molecule has 1 amide bonds. The predicted molar refractivity (Wildman–Crippen MR) is 296 cm³/mol. The van der Waals surface area contributed by atoms with E-state index < -0.39 is 12.1 Å². The molecule has 0 aliphatic heterocycles. The molecule has 0 aromatic rings. The van der Waals surface area contributed by atoms with Crippen LogP contribution < -0.4 is 5.32 Å². The first-order chi connectivity index (χ1) is 33.5. The van der Waals surface area contributed by atoms with Gasteiger partial charge in [0.25, 0.3) is 0 Å². The summed E-state index contributed by atoms with van der Waals surface area (Å²) in [5.41, 5.74) is 0. The highest BCUT2D eigenvalue weighted by molar-refractivity contribution is 5.76. The number of allylic oxidation sites excluding steroid dienone is 5. The van der Waals surface area contributed by atoms with Crippen molar-refractivity contribution in [1.82, 2.24) is 5.32 Å². The minimum atomic E-state index is -0.846. The van der Waals surface area contributed by atoms with Crippen LogP contribution in [-0.4, -0.2) is 47.4 Å². The number of aliphatic hydroxyl groups is 2. The molecule has 6 nitrogen and oxygen atoms in total. The van der Waals surface area contributed by atoms with Crippen molar-refractivity contribution in [3.63, 3.8) is 0 Å². The average Bonchev–Trinajstić information content (AvgIpc) is 3.34. The Bertz CT molecular complexity index is 1100. The Kier molecular flexibility index (Phi) is 56.0. The van der Waals surface area contributed by atoms with E-state index in [0.717, 1.165) is 44.9 Å². The lowest BCUT2D eigenvalue weighted by Gasteiger charge is -2.20. The second-order valence-electron chi connectivity index (χ2n) is 20.7. The molecule has 0 heterocycles. The summed E-state index contributed by atoms with van der Waals surface area (Å²) < 4.78 is 5.49. The molecular formula is C62H117NO5. The van der Waals surface area contributed by atoms with Crippen LogP contribution in [0.25, 0.3) is 0 Å². The van der Waals surface area contributed by atoms with Gasteiger partial charge in [-0.15, -0.1) is 0 Å². The lowest BCUT2D eigenvalue weighted by molar-refractivity contribution is -0.143. The molecule has 2 atom stereocenters. The van der Waals surface area contributed by atoms with Gasteiger partial charge in [0.15, 0.2) is 0 Å². The Hall–Kier alpha value is -1.92. The van der Waals surface area contributed by atoms with E-state index in [1.807, 2.05) is 6.08 Å². The number of nitrogens with one attached hydrogen (secondary N) is 1. The van der Waals surface area contributed by atoms with E-state index in [9.17, 15) is 19.8 Å². The predicted octanol–water partition coefficient (Wildman–Crippen LogP) is 18.8. The topological polar surface area (TPSA) is 95.9 Å². The Morgan fingerprint density at radius 1 is 0.412 bits per heavy atom. The van der Waals surface area contributed by atoms with Gasteiger partial charge in [-0.25, -0.2) is 0 Å². The Balaban J connectivity index is 3.41. The Labute approximate surface area is 424 Å². The fourth-order valence-electron chi connectivity index (χ4n) is 9.25. The van der Waals surface area contributed by atoms with Gasteiger partial charge in [0.05, 0.1) is 25.4 Å². The molecule has 0 aromatic heterocycles. The van der Waals surface area contributed by atoms with Crippen molar-refractivity contribution >= 4 is 11.9 Å². The van der Waals surface area contributed by atoms with Crippen LogP contribution in [-0.2, 0) is 14.3 Å². The fraction of sp³-hybridized carbons (Fsp3) is 0.871. The van der Waals surface area contributed by atoms with Gasteiger partial charge in [-0.2, -0.15) is 0 Å². The summed E-state index contributed by atoms with van der Waals surface area (Å²) in [5, 5.41) is 23.0. The molecule has 0 bridgehead atoms. The first-order valence-electron chi connectivity index (χ1n) is 30.3. The summed E-state index contributed by atoms with van der Waals surface area (Å²) in [6.07, 6.45) is 71.9. The third kappa shape index (κ3) is 53.4.